The fraction of sp³-hybridized carbons (Fsp3) is 0.176. The van der Waals surface area contributed by atoms with Gasteiger partial charge in [0.1, 0.15) is 5.82 Å². The van der Waals surface area contributed by atoms with Gasteiger partial charge >= 0.3 is 0 Å². The SMILES string of the molecule is CC(=O)c1ccc2cc(C(C)c3ncc[nH]3)ccc2c1. The Balaban J connectivity index is 2.03. The molecule has 1 unspecified atom stereocenters. The number of rotatable bonds is 3. The van der Waals surface area contributed by atoms with E-state index in [1.54, 1.807) is 13.1 Å². The number of aromatic nitrogens is 2. The maximum absolute atomic E-state index is 11.4. The molecule has 1 aromatic heterocycles. The van der Waals surface area contributed by atoms with Crippen LogP contribution in [0.2, 0.25) is 0 Å². The van der Waals surface area contributed by atoms with E-state index in [2.05, 4.69) is 35.1 Å². The summed E-state index contributed by atoms with van der Waals surface area (Å²) in [5, 5.41) is 2.24. The minimum atomic E-state index is 0.0972. The van der Waals surface area contributed by atoms with Crippen molar-refractivity contribution < 1.29 is 4.79 Å². The molecule has 0 saturated carbocycles. The number of hydrogen-bond acceptors (Lipinski definition) is 2. The third kappa shape index (κ3) is 2.23. The zero-order chi connectivity index (χ0) is 14.1. The first-order valence-electron chi connectivity index (χ1n) is 6.69. The lowest BCUT2D eigenvalue weighted by molar-refractivity contribution is 0.101. The van der Waals surface area contributed by atoms with Crippen LogP contribution < -0.4 is 0 Å². The zero-order valence-electron chi connectivity index (χ0n) is 11.6. The summed E-state index contributed by atoms with van der Waals surface area (Å²) in [6, 6.07) is 12.2. The molecule has 1 atom stereocenters. The molecule has 0 bridgehead atoms. The average Bonchev–Trinajstić information content (AvgIpc) is 2.99. The molecule has 0 aliphatic carbocycles. The van der Waals surface area contributed by atoms with Gasteiger partial charge < -0.3 is 4.98 Å². The number of carbonyl (C=O) groups excluding carboxylic acids is 1. The molecular weight excluding hydrogens is 248 g/mol. The summed E-state index contributed by atoms with van der Waals surface area (Å²) in [4.78, 5) is 18.9. The van der Waals surface area contributed by atoms with Crippen LogP contribution in [0, 0.1) is 0 Å². The number of imidazole rings is 1. The lowest BCUT2D eigenvalue weighted by atomic mass is 9.96. The van der Waals surface area contributed by atoms with Crippen molar-refractivity contribution in [2.45, 2.75) is 19.8 Å². The van der Waals surface area contributed by atoms with E-state index in [1.165, 1.54) is 5.56 Å². The first-order chi connectivity index (χ1) is 9.65. The van der Waals surface area contributed by atoms with Gasteiger partial charge in [0.15, 0.2) is 5.78 Å². The van der Waals surface area contributed by atoms with Crippen molar-refractivity contribution >= 4 is 16.6 Å². The first kappa shape index (κ1) is 12.6. The topological polar surface area (TPSA) is 45.8 Å². The fourth-order valence-electron chi connectivity index (χ4n) is 2.42. The second-order valence-electron chi connectivity index (χ2n) is 5.07. The molecule has 0 spiro atoms. The molecule has 0 amide bonds. The third-order valence-electron chi connectivity index (χ3n) is 3.70. The summed E-state index contributed by atoms with van der Waals surface area (Å²) in [7, 11) is 0. The van der Waals surface area contributed by atoms with Crippen molar-refractivity contribution in [3.63, 3.8) is 0 Å². The van der Waals surface area contributed by atoms with Crippen LogP contribution in [0.1, 0.15) is 41.5 Å². The van der Waals surface area contributed by atoms with Gasteiger partial charge in [-0.05, 0) is 29.3 Å². The van der Waals surface area contributed by atoms with Gasteiger partial charge in [-0.25, -0.2) is 4.98 Å². The minimum absolute atomic E-state index is 0.0972. The molecule has 1 N–H and O–H groups in total. The Morgan fingerprint density at radius 3 is 2.60 bits per heavy atom. The van der Waals surface area contributed by atoms with Crippen molar-refractivity contribution in [1.82, 2.24) is 9.97 Å². The Labute approximate surface area is 117 Å². The first-order valence-corrected chi connectivity index (χ1v) is 6.69. The monoisotopic (exact) mass is 264 g/mol. The number of aromatic amines is 1. The summed E-state index contributed by atoms with van der Waals surface area (Å²) in [5.74, 6) is 1.28. The molecule has 3 heteroatoms. The number of Topliss-reactive ketones (excluding diaryl/α,β-unsaturated/α-hetero) is 1. The van der Waals surface area contributed by atoms with Crippen molar-refractivity contribution in [3.8, 4) is 0 Å². The Hall–Kier alpha value is -2.42. The molecule has 0 aliphatic rings. The quantitative estimate of drug-likeness (QED) is 0.729. The molecule has 0 aliphatic heterocycles. The number of carbonyl (C=O) groups is 1. The Morgan fingerprint density at radius 2 is 1.90 bits per heavy atom. The lowest BCUT2D eigenvalue weighted by Gasteiger charge is -2.10. The molecule has 0 saturated heterocycles. The van der Waals surface area contributed by atoms with Crippen LogP contribution in [0.5, 0.6) is 0 Å². The predicted molar refractivity (Wildman–Crippen MR) is 80.1 cm³/mol. The highest BCUT2D eigenvalue weighted by Gasteiger charge is 2.11. The molecule has 100 valence electrons. The minimum Gasteiger partial charge on any atom is -0.348 e. The fourth-order valence-corrected chi connectivity index (χ4v) is 2.42. The van der Waals surface area contributed by atoms with Crippen molar-refractivity contribution in [3.05, 3.63) is 65.7 Å². The standard InChI is InChI=1S/C17H16N2O/c1-11(17-18-7-8-19-17)13-3-5-16-10-14(12(2)20)4-6-15(16)9-13/h3-11H,1-2H3,(H,18,19). The second kappa shape index (κ2) is 4.93. The van der Waals surface area contributed by atoms with Crippen LogP contribution in [0.3, 0.4) is 0 Å². The van der Waals surface area contributed by atoms with Crippen molar-refractivity contribution in [2.75, 3.05) is 0 Å². The maximum atomic E-state index is 11.4. The molecule has 2 aromatic carbocycles. The normalized spacial score (nSPS) is 12.5. The molecule has 3 aromatic rings. The summed E-state index contributed by atoms with van der Waals surface area (Å²) < 4.78 is 0. The van der Waals surface area contributed by atoms with Crippen LogP contribution in [-0.4, -0.2) is 15.8 Å². The lowest BCUT2D eigenvalue weighted by Crippen LogP contribution is -1.98. The Morgan fingerprint density at radius 1 is 1.15 bits per heavy atom. The third-order valence-corrected chi connectivity index (χ3v) is 3.70. The summed E-state index contributed by atoms with van der Waals surface area (Å²) in [5.41, 5.74) is 1.97. The summed E-state index contributed by atoms with van der Waals surface area (Å²) in [6.45, 7) is 3.72. The van der Waals surface area contributed by atoms with Crippen LogP contribution in [0.15, 0.2) is 48.8 Å². The van der Waals surface area contributed by atoms with Gasteiger partial charge in [-0.15, -0.1) is 0 Å². The number of H-pyrrole nitrogens is 1. The number of fused-ring (bicyclic) bond motifs is 1. The highest BCUT2D eigenvalue weighted by molar-refractivity contribution is 5.98. The maximum Gasteiger partial charge on any atom is 0.159 e. The average molecular weight is 264 g/mol. The van der Waals surface area contributed by atoms with E-state index in [0.717, 1.165) is 22.2 Å². The largest absolute Gasteiger partial charge is 0.348 e. The van der Waals surface area contributed by atoms with E-state index in [4.69, 9.17) is 0 Å². The number of nitrogens with zero attached hydrogens (tertiary/aromatic N) is 1. The van der Waals surface area contributed by atoms with E-state index < -0.39 is 0 Å². The van der Waals surface area contributed by atoms with Crippen molar-refractivity contribution in [2.24, 2.45) is 0 Å². The van der Waals surface area contributed by atoms with Gasteiger partial charge in [-0.2, -0.15) is 0 Å². The molecular formula is C17H16N2O. The zero-order valence-corrected chi connectivity index (χ0v) is 11.6. The van der Waals surface area contributed by atoms with Crippen LogP contribution in [0.4, 0.5) is 0 Å². The van der Waals surface area contributed by atoms with Gasteiger partial charge in [0, 0.05) is 23.9 Å². The van der Waals surface area contributed by atoms with Gasteiger partial charge in [-0.1, -0.05) is 37.3 Å². The highest BCUT2D eigenvalue weighted by atomic mass is 16.1. The Kier molecular flexibility index (Phi) is 3.11. The van der Waals surface area contributed by atoms with Crippen LogP contribution in [0.25, 0.3) is 10.8 Å². The van der Waals surface area contributed by atoms with E-state index >= 15 is 0 Å². The summed E-state index contributed by atoms with van der Waals surface area (Å²) >= 11 is 0. The predicted octanol–water partition coefficient (Wildman–Crippen LogP) is 3.92. The second-order valence-corrected chi connectivity index (χ2v) is 5.07. The van der Waals surface area contributed by atoms with Crippen LogP contribution >= 0.6 is 0 Å². The van der Waals surface area contributed by atoms with E-state index in [-0.39, 0.29) is 11.7 Å². The number of benzene rings is 2. The van der Waals surface area contributed by atoms with Crippen LogP contribution in [-0.2, 0) is 0 Å². The molecule has 20 heavy (non-hydrogen) atoms. The van der Waals surface area contributed by atoms with Crippen molar-refractivity contribution in [1.29, 1.82) is 0 Å². The van der Waals surface area contributed by atoms with E-state index in [9.17, 15) is 4.79 Å². The Bertz CT molecular complexity index is 760. The van der Waals surface area contributed by atoms with Gasteiger partial charge in [0.2, 0.25) is 0 Å². The molecule has 3 rings (SSSR count). The van der Waals surface area contributed by atoms with E-state index in [0.29, 0.717) is 0 Å². The van der Waals surface area contributed by atoms with Gasteiger partial charge in [-0.3, -0.25) is 4.79 Å². The molecule has 3 nitrogen and oxygen atoms in total. The molecule has 0 radical (unpaired) electrons. The smallest absolute Gasteiger partial charge is 0.159 e. The number of hydrogen-bond donors (Lipinski definition) is 1. The summed E-state index contributed by atoms with van der Waals surface area (Å²) in [6.07, 6.45) is 3.61. The van der Waals surface area contributed by atoms with E-state index in [1.807, 2.05) is 24.4 Å². The van der Waals surface area contributed by atoms with Gasteiger partial charge in [0.05, 0.1) is 0 Å². The molecule has 0 fully saturated rings. The number of nitrogens with one attached hydrogen (secondary N) is 1. The highest BCUT2D eigenvalue weighted by Crippen LogP contribution is 2.25. The molecule has 1 heterocycles. The number of ketones is 1. The van der Waals surface area contributed by atoms with Gasteiger partial charge in [0.25, 0.3) is 0 Å².